The summed E-state index contributed by atoms with van der Waals surface area (Å²) in [5, 5.41) is 11.2. The van der Waals surface area contributed by atoms with Gasteiger partial charge in [0.25, 0.3) is 5.69 Å². The van der Waals surface area contributed by atoms with E-state index in [0.29, 0.717) is 16.6 Å². The molecule has 0 radical (unpaired) electrons. The van der Waals surface area contributed by atoms with Crippen molar-refractivity contribution < 1.29 is 9.66 Å². The molecule has 1 aromatic rings. The van der Waals surface area contributed by atoms with Gasteiger partial charge in [0.1, 0.15) is 11.4 Å². The average Bonchev–Trinajstić information content (AvgIpc) is 2.27. The number of rotatable bonds is 2. The molecule has 0 spiro atoms. The van der Waals surface area contributed by atoms with E-state index in [4.69, 9.17) is 10.5 Å². The van der Waals surface area contributed by atoms with E-state index in [1.807, 2.05) is 0 Å². The molecule has 0 unspecified atom stereocenters. The molecule has 2 N–H and O–H groups in total. The second kappa shape index (κ2) is 5.37. The molecule has 0 bridgehead atoms. The Labute approximate surface area is 101 Å². The zero-order valence-electron chi connectivity index (χ0n) is 8.49. The van der Waals surface area contributed by atoms with Gasteiger partial charge in [0.15, 0.2) is 0 Å². The highest BCUT2D eigenvalue weighted by Gasteiger charge is 2.16. The van der Waals surface area contributed by atoms with Crippen LogP contribution in [0.5, 0.6) is 5.75 Å². The summed E-state index contributed by atoms with van der Waals surface area (Å²) in [5.41, 5.74) is 5.89. The van der Waals surface area contributed by atoms with Crippen molar-refractivity contribution in [1.29, 1.82) is 0 Å². The zero-order valence-corrected chi connectivity index (χ0v) is 10.1. The van der Waals surface area contributed by atoms with Crippen LogP contribution in [0.1, 0.15) is 5.56 Å². The van der Waals surface area contributed by atoms with E-state index in [1.165, 1.54) is 13.2 Å². The molecular weight excluding hydrogens is 276 g/mol. The van der Waals surface area contributed by atoms with E-state index in [-0.39, 0.29) is 11.4 Å². The maximum Gasteiger partial charge on any atom is 0.297 e. The van der Waals surface area contributed by atoms with E-state index in [1.54, 1.807) is 6.07 Å². The summed E-state index contributed by atoms with van der Waals surface area (Å²) in [6, 6.07) is 2.84. The number of anilines is 1. The predicted molar refractivity (Wildman–Crippen MR) is 64.7 cm³/mol. The van der Waals surface area contributed by atoms with Gasteiger partial charge in [0.2, 0.25) is 0 Å². The molecule has 84 valence electrons. The molecule has 0 saturated carbocycles. The maximum absolute atomic E-state index is 10.7. The predicted octanol–water partition coefficient (Wildman–Crippen LogP) is 1.93. The van der Waals surface area contributed by atoms with Crippen LogP contribution in [-0.2, 0) is 0 Å². The highest BCUT2D eigenvalue weighted by atomic mass is 79.9. The third-order valence-electron chi connectivity index (χ3n) is 1.85. The number of methoxy groups -OCH3 is 1. The normalized spacial score (nSPS) is 9.12. The lowest BCUT2D eigenvalue weighted by Gasteiger charge is -2.04. The van der Waals surface area contributed by atoms with Crippen molar-refractivity contribution >= 4 is 27.3 Å². The molecule has 0 atom stereocenters. The molecule has 0 saturated heterocycles. The van der Waals surface area contributed by atoms with Crippen LogP contribution < -0.4 is 10.5 Å². The molecule has 0 amide bonds. The fourth-order valence-corrected chi connectivity index (χ4v) is 1.25. The molecule has 0 fully saturated rings. The summed E-state index contributed by atoms with van der Waals surface area (Å²) in [6.45, 7) is 0. The summed E-state index contributed by atoms with van der Waals surface area (Å²) in [5.74, 6) is 5.82. The standard InChI is InChI=1S/C10H9BrN2O3/c1-16-8-5-7(3-2-4-11)10(12)9(6-8)13(14)15/h5-6H,4,12H2,1H3. The molecule has 0 heterocycles. The highest BCUT2D eigenvalue weighted by Crippen LogP contribution is 2.30. The Morgan fingerprint density at radius 1 is 1.62 bits per heavy atom. The molecule has 1 rings (SSSR count). The summed E-state index contributed by atoms with van der Waals surface area (Å²) in [7, 11) is 1.43. The Morgan fingerprint density at radius 3 is 2.81 bits per heavy atom. The monoisotopic (exact) mass is 284 g/mol. The number of halogens is 1. The maximum atomic E-state index is 10.7. The van der Waals surface area contributed by atoms with Gasteiger partial charge in [0.05, 0.1) is 29.0 Å². The van der Waals surface area contributed by atoms with Crippen molar-refractivity contribution in [1.82, 2.24) is 0 Å². The van der Waals surface area contributed by atoms with Crippen molar-refractivity contribution in [3.05, 3.63) is 27.8 Å². The number of nitro groups is 1. The van der Waals surface area contributed by atoms with E-state index in [0.717, 1.165) is 0 Å². The zero-order chi connectivity index (χ0) is 12.1. The van der Waals surface area contributed by atoms with Crippen LogP contribution in [0.15, 0.2) is 12.1 Å². The summed E-state index contributed by atoms with van der Waals surface area (Å²) < 4.78 is 4.94. The molecule has 0 aliphatic rings. The highest BCUT2D eigenvalue weighted by molar-refractivity contribution is 9.09. The van der Waals surface area contributed by atoms with Crippen LogP contribution in [0.3, 0.4) is 0 Å². The minimum atomic E-state index is -0.558. The van der Waals surface area contributed by atoms with E-state index < -0.39 is 4.92 Å². The number of ether oxygens (including phenoxy) is 1. The van der Waals surface area contributed by atoms with Crippen LogP contribution in [-0.4, -0.2) is 17.4 Å². The number of nitrogen functional groups attached to an aromatic ring is 1. The summed E-state index contributed by atoms with van der Waals surface area (Å²) in [4.78, 5) is 10.2. The van der Waals surface area contributed by atoms with Gasteiger partial charge in [-0.15, -0.1) is 0 Å². The SMILES string of the molecule is COc1cc(C#CCBr)c(N)c([N+](=O)[O-])c1. The molecule has 16 heavy (non-hydrogen) atoms. The Hall–Kier alpha value is -1.74. The molecule has 6 heteroatoms. The number of nitrogens with two attached hydrogens (primary N) is 1. The molecule has 1 aromatic carbocycles. The fourth-order valence-electron chi connectivity index (χ4n) is 1.11. The lowest BCUT2D eigenvalue weighted by atomic mass is 10.1. The van der Waals surface area contributed by atoms with Crippen LogP contribution >= 0.6 is 15.9 Å². The molecular formula is C10H9BrN2O3. The quantitative estimate of drug-likeness (QED) is 0.296. The van der Waals surface area contributed by atoms with Gasteiger partial charge in [0, 0.05) is 0 Å². The number of benzene rings is 1. The van der Waals surface area contributed by atoms with E-state index in [2.05, 4.69) is 27.8 Å². The van der Waals surface area contributed by atoms with E-state index in [9.17, 15) is 10.1 Å². The van der Waals surface area contributed by atoms with Crippen LogP contribution in [0, 0.1) is 22.0 Å². The van der Waals surface area contributed by atoms with Crippen LogP contribution in [0.25, 0.3) is 0 Å². The number of hydrogen-bond donors (Lipinski definition) is 1. The molecule has 0 aliphatic heterocycles. The first kappa shape index (κ1) is 12.3. The molecule has 5 nitrogen and oxygen atoms in total. The first-order valence-corrected chi connectivity index (χ1v) is 5.39. The Kier molecular flexibility index (Phi) is 4.14. The van der Waals surface area contributed by atoms with Gasteiger partial charge >= 0.3 is 0 Å². The van der Waals surface area contributed by atoms with Gasteiger partial charge < -0.3 is 10.5 Å². The summed E-state index contributed by atoms with van der Waals surface area (Å²) in [6.07, 6.45) is 0. The van der Waals surface area contributed by atoms with Gasteiger partial charge in [-0.1, -0.05) is 27.8 Å². The molecule has 0 aliphatic carbocycles. The van der Waals surface area contributed by atoms with Crippen molar-refractivity contribution in [2.24, 2.45) is 0 Å². The second-order valence-corrected chi connectivity index (χ2v) is 3.36. The van der Waals surface area contributed by atoms with Crippen molar-refractivity contribution in [3.8, 4) is 17.6 Å². The number of alkyl halides is 1. The largest absolute Gasteiger partial charge is 0.496 e. The van der Waals surface area contributed by atoms with Crippen LogP contribution in [0.2, 0.25) is 0 Å². The first-order valence-electron chi connectivity index (χ1n) is 4.27. The van der Waals surface area contributed by atoms with Gasteiger partial charge in [-0.05, 0) is 6.07 Å². The lowest BCUT2D eigenvalue weighted by Crippen LogP contribution is -1.99. The van der Waals surface area contributed by atoms with Gasteiger partial charge in [-0.3, -0.25) is 10.1 Å². The van der Waals surface area contributed by atoms with Crippen molar-refractivity contribution in [3.63, 3.8) is 0 Å². The van der Waals surface area contributed by atoms with Crippen molar-refractivity contribution in [2.75, 3.05) is 18.2 Å². The lowest BCUT2D eigenvalue weighted by molar-refractivity contribution is -0.384. The number of nitro benzene ring substituents is 1. The number of nitrogens with zero attached hydrogens (tertiary/aromatic N) is 1. The Bertz CT molecular complexity index is 477. The Morgan fingerprint density at radius 2 is 2.31 bits per heavy atom. The van der Waals surface area contributed by atoms with Crippen LogP contribution in [0.4, 0.5) is 11.4 Å². The third-order valence-corrected chi connectivity index (χ3v) is 2.13. The van der Waals surface area contributed by atoms with Gasteiger partial charge in [-0.25, -0.2) is 0 Å². The second-order valence-electron chi connectivity index (χ2n) is 2.80. The number of hydrogen-bond acceptors (Lipinski definition) is 4. The van der Waals surface area contributed by atoms with Crippen molar-refractivity contribution in [2.45, 2.75) is 0 Å². The average molecular weight is 285 g/mol. The molecule has 0 aromatic heterocycles. The first-order chi connectivity index (χ1) is 7.60. The van der Waals surface area contributed by atoms with Gasteiger partial charge in [-0.2, -0.15) is 0 Å². The fraction of sp³-hybridized carbons (Fsp3) is 0.200. The minimum absolute atomic E-state index is 0.0549. The smallest absolute Gasteiger partial charge is 0.297 e. The topological polar surface area (TPSA) is 78.4 Å². The summed E-state index contributed by atoms with van der Waals surface area (Å²) >= 11 is 3.13. The Balaban J connectivity index is 3.37. The third kappa shape index (κ3) is 2.64. The van der Waals surface area contributed by atoms with E-state index >= 15 is 0 Å². The minimum Gasteiger partial charge on any atom is -0.496 e.